The molecule has 2 aliphatic heterocycles. The van der Waals surface area contributed by atoms with E-state index in [1.165, 1.54) is 12.8 Å². The Labute approximate surface area is 166 Å². The number of hydrogen-bond donors (Lipinski definition) is 0. The van der Waals surface area contributed by atoms with Crippen LogP contribution in [0, 0.1) is 0 Å². The molecule has 28 heavy (non-hydrogen) atoms. The molecule has 4 rings (SSSR count). The molecule has 2 saturated heterocycles. The van der Waals surface area contributed by atoms with Crippen molar-refractivity contribution in [1.82, 2.24) is 34.9 Å². The molecule has 0 N–H and O–H groups in total. The summed E-state index contributed by atoms with van der Waals surface area (Å²) in [6.07, 6.45) is 4.81. The number of carbonyl (C=O) groups is 1. The summed E-state index contributed by atoms with van der Waals surface area (Å²) in [4.78, 5) is 19.3. The maximum absolute atomic E-state index is 12.6. The lowest BCUT2D eigenvalue weighted by atomic mass is 10.2. The summed E-state index contributed by atoms with van der Waals surface area (Å²) >= 11 is 0. The highest BCUT2D eigenvalue weighted by Crippen LogP contribution is 2.13. The molecule has 0 saturated carbocycles. The number of carbonyl (C=O) groups excluding carboxylic acids is 1. The SMILES string of the molecule is O=C(CN1CCN(Cc2nnnn2-c2ccccc2)CC1)N1CCCCCC1. The maximum Gasteiger partial charge on any atom is 0.236 e. The van der Waals surface area contributed by atoms with Gasteiger partial charge < -0.3 is 4.90 Å². The molecule has 1 aromatic heterocycles. The van der Waals surface area contributed by atoms with Crippen molar-refractivity contribution in [2.75, 3.05) is 45.8 Å². The summed E-state index contributed by atoms with van der Waals surface area (Å²) in [5, 5.41) is 12.2. The van der Waals surface area contributed by atoms with Crippen LogP contribution in [-0.2, 0) is 11.3 Å². The van der Waals surface area contributed by atoms with Crippen LogP contribution in [0.2, 0.25) is 0 Å². The minimum absolute atomic E-state index is 0.295. The van der Waals surface area contributed by atoms with E-state index >= 15 is 0 Å². The number of rotatable bonds is 5. The van der Waals surface area contributed by atoms with Crippen molar-refractivity contribution in [3.8, 4) is 5.69 Å². The molecular weight excluding hydrogens is 354 g/mol. The maximum atomic E-state index is 12.6. The Morgan fingerprint density at radius 1 is 0.857 bits per heavy atom. The van der Waals surface area contributed by atoms with Crippen LogP contribution in [0.25, 0.3) is 5.69 Å². The molecule has 0 unspecified atom stereocenters. The van der Waals surface area contributed by atoms with E-state index in [2.05, 4.69) is 30.2 Å². The average Bonchev–Trinajstić information content (AvgIpc) is 3.01. The number of amides is 1. The van der Waals surface area contributed by atoms with Crippen molar-refractivity contribution >= 4 is 5.91 Å². The largest absolute Gasteiger partial charge is 0.342 e. The molecule has 0 radical (unpaired) electrons. The third kappa shape index (κ3) is 4.74. The normalized spacial score (nSPS) is 19.5. The fraction of sp³-hybridized carbons (Fsp3) is 0.600. The van der Waals surface area contributed by atoms with Crippen molar-refractivity contribution < 1.29 is 4.79 Å². The number of benzene rings is 1. The highest BCUT2D eigenvalue weighted by molar-refractivity contribution is 5.78. The van der Waals surface area contributed by atoms with E-state index in [0.29, 0.717) is 12.5 Å². The average molecular weight is 384 g/mol. The molecular formula is C20H29N7O. The molecule has 2 fully saturated rings. The fourth-order valence-corrected chi connectivity index (χ4v) is 3.99. The van der Waals surface area contributed by atoms with Gasteiger partial charge in [0.15, 0.2) is 5.82 Å². The number of likely N-dealkylation sites (tertiary alicyclic amines) is 1. The van der Waals surface area contributed by atoms with Gasteiger partial charge in [0, 0.05) is 39.3 Å². The number of piperazine rings is 1. The Morgan fingerprint density at radius 2 is 1.54 bits per heavy atom. The summed E-state index contributed by atoms with van der Waals surface area (Å²) in [6, 6.07) is 9.97. The summed E-state index contributed by atoms with van der Waals surface area (Å²) in [5.74, 6) is 1.14. The summed E-state index contributed by atoms with van der Waals surface area (Å²) in [6.45, 7) is 6.80. The number of nitrogens with zero attached hydrogens (tertiary/aromatic N) is 7. The zero-order chi connectivity index (χ0) is 19.2. The zero-order valence-corrected chi connectivity index (χ0v) is 16.4. The van der Waals surface area contributed by atoms with Crippen LogP contribution in [-0.4, -0.2) is 86.6 Å². The highest BCUT2D eigenvalue weighted by atomic mass is 16.2. The number of para-hydroxylation sites is 1. The third-order valence-corrected chi connectivity index (χ3v) is 5.68. The van der Waals surface area contributed by atoms with Crippen LogP contribution >= 0.6 is 0 Å². The van der Waals surface area contributed by atoms with Gasteiger partial charge in [-0.1, -0.05) is 31.0 Å². The van der Waals surface area contributed by atoms with E-state index < -0.39 is 0 Å². The smallest absolute Gasteiger partial charge is 0.236 e. The van der Waals surface area contributed by atoms with Crippen molar-refractivity contribution in [1.29, 1.82) is 0 Å². The van der Waals surface area contributed by atoms with Crippen LogP contribution in [0.3, 0.4) is 0 Å². The van der Waals surface area contributed by atoms with Gasteiger partial charge >= 0.3 is 0 Å². The van der Waals surface area contributed by atoms with Crippen LogP contribution in [0.4, 0.5) is 0 Å². The first-order valence-electron chi connectivity index (χ1n) is 10.3. The monoisotopic (exact) mass is 383 g/mol. The third-order valence-electron chi connectivity index (χ3n) is 5.68. The lowest BCUT2D eigenvalue weighted by molar-refractivity contribution is -0.132. The van der Waals surface area contributed by atoms with Crippen molar-refractivity contribution in [3.63, 3.8) is 0 Å². The molecule has 0 atom stereocenters. The van der Waals surface area contributed by atoms with E-state index in [0.717, 1.165) is 70.2 Å². The van der Waals surface area contributed by atoms with Gasteiger partial charge in [0.1, 0.15) is 0 Å². The van der Waals surface area contributed by atoms with Crippen molar-refractivity contribution in [2.45, 2.75) is 32.2 Å². The van der Waals surface area contributed by atoms with Gasteiger partial charge in [0.2, 0.25) is 5.91 Å². The molecule has 0 spiro atoms. The van der Waals surface area contributed by atoms with Gasteiger partial charge in [-0.05, 0) is 35.4 Å². The van der Waals surface area contributed by atoms with E-state index in [9.17, 15) is 4.79 Å². The highest BCUT2D eigenvalue weighted by Gasteiger charge is 2.23. The Balaban J connectivity index is 1.27. The Bertz CT molecular complexity index is 747. The molecule has 1 aromatic carbocycles. The van der Waals surface area contributed by atoms with Gasteiger partial charge in [0.25, 0.3) is 0 Å². The predicted molar refractivity (Wildman–Crippen MR) is 106 cm³/mol. The molecule has 2 aromatic rings. The van der Waals surface area contributed by atoms with E-state index in [4.69, 9.17) is 0 Å². The van der Waals surface area contributed by atoms with E-state index in [1.54, 1.807) is 4.68 Å². The predicted octanol–water partition coefficient (Wildman–Crippen LogP) is 1.18. The topological polar surface area (TPSA) is 70.4 Å². The molecule has 150 valence electrons. The summed E-state index contributed by atoms with van der Waals surface area (Å²) in [7, 11) is 0. The summed E-state index contributed by atoms with van der Waals surface area (Å²) in [5.41, 5.74) is 0.976. The molecule has 3 heterocycles. The van der Waals surface area contributed by atoms with Gasteiger partial charge in [0.05, 0.1) is 18.8 Å². The molecule has 0 aliphatic carbocycles. The Kier molecular flexibility index (Phi) is 6.28. The zero-order valence-electron chi connectivity index (χ0n) is 16.4. The van der Waals surface area contributed by atoms with Crippen LogP contribution in [0.1, 0.15) is 31.5 Å². The van der Waals surface area contributed by atoms with Gasteiger partial charge in [-0.3, -0.25) is 14.6 Å². The Morgan fingerprint density at radius 3 is 2.25 bits per heavy atom. The Hall–Kier alpha value is -2.32. The number of aromatic nitrogens is 4. The first-order chi connectivity index (χ1) is 13.8. The van der Waals surface area contributed by atoms with Crippen LogP contribution in [0.5, 0.6) is 0 Å². The molecule has 2 aliphatic rings. The van der Waals surface area contributed by atoms with Gasteiger partial charge in [-0.25, -0.2) is 0 Å². The number of tetrazole rings is 1. The second-order valence-corrected chi connectivity index (χ2v) is 7.69. The minimum atomic E-state index is 0.295. The van der Waals surface area contributed by atoms with E-state index in [-0.39, 0.29) is 0 Å². The lowest BCUT2D eigenvalue weighted by Crippen LogP contribution is -2.50. The van der Waals surface area contributed by atoms with E-state index in [1.807, 2.05) is 30.3 Å². The van der Waals surface area contributed by atoms with Gasteiger partial charge in [-0.15, -0.1) is 5.10 Å². The molecule has 0 bridgehead atoms. The lowest BCUT2D eigenvalue weighted by Gasteiger charge is -2.35. The number of hydrogen-bond acceptors (Lipinski definition) is 6. The standard InChI is InChI=1S/C20H29N7O/c28-20(26-10-6-1-2-7-11-26)17-25-14-12-24(13-15-25)16-19-21-22-23-27(19)18-8-4-3-5-9-18/h3-5,8-9H,1-2,6-7,10-17H2. The van der Waals surface area contributed by atoms with Crippen LogP contribution in [0.15, 0.2) is 30.3 Å². The second-order valence-electron chi connectivity index (χ2n) is 7.69. The second kappa shape index (κ2) is 9.25. The van der Waals surface area contributed by atoms with Crippen molar-refractivity contribution in [3.05, 3.63) is 36.2 Å². The first-order valence-corrected chi connectivity index (χ1v) is 10.3. The van der Waals surface area contributed by atoms with Crippen molar-refractivity contribution in [2.24, 2.45) is 0 Å². The fourth-order valence-electron chi connectivity index (χ4n) is 3.99. The quantitative estimate of drug-likeness (QED) is 0.772. The molecule has 1 amide bonds. The summed E-state index contributed by atoms with van der Waals surface area (Å²) < 4.78 is 1.80. The van der Waals surface area contributed by atoms with Gasteiger partial charge in [-0.2, -0.15) is 4.68 Å². The minimum Gasteiger partial charge on any atom is -0.342 e. The van der Waals surface area contributed by atoms with Crippen LogP contribution < -0.4 is 0 Å². The molecule has 8 nitrogen and oxygen atoms in total. The first kappa shape index (κ1) is 19.0. The molecule has 8 heteroatoms.